The molecular weight excluding hydrogens is 605 g/mol. The van der Waals surface area contributed by atoms with E-state index in [2.05, 4.69) is 143 Å². The van der Waals surface area contributed by atoms with E-state index in [0.29, 0.717) is 5.56 Å². The number of hydrogen-bond acceptors (Lipinski definition) is 3. The number of nitrogens with two attached hydrogens (primary N) is 1. The van der Waals surface area contributed by atoms with Gasteiger partial charge in [-0.15, -0.1) is 11.3 Å². The van der Waals surface area contributed by atoms with Crippen LogP contribution in [0.3, 0.4) is 0 Å². The smallest absolute Gasteiger partial charge is 0.0991 e. The third kappa shape index (κ3) is 3.75. The van der Waals surface area contributed by atoms with Crippen LogP contribution in [0.2, 0.25) is 0 Å². The molecule has 224 valence electrons. The molecular formula is C43H26N4S. The third-order valence-corrected chi connectivity index (χ3v) is 10.9. The first kappa shape index (κ1) is 26.8. The number of nitrogen functional groups attached to an aromatic ring is 1. The molecule has 7 aromatic carbocycles. The Labute approximate surface area is 279 Å². The lowest BCUT2D eigenvalue weighted by atomic mass is 9.99. The molecule has 0 unspecified atom stereocenters. The molecule has 0 radical (unpaired) electrons. The highest BCUT2D eigenvalue weighted by Gasteiger charge is 2.20. The Morgan fingerprint density at radius 3 is 2.17 bits per heavy atom. The number of nitrogens with zero attached hydrogens (tertiary/aromatic N) is 3. The van der Waals surface area contributed by atoms with Gasteiger partial charge in [-0.3, -0.25) is 0 Å². The molecule has 0 fully saturated rings. The van der Waals surface area contributed by atoms with Gasteiger partial charge in [0.25, 0.3) is 0 Å². The van der Waals surface area contributed by atoms with Crippen LogP contribution in [-0.2, 0) is 0 Å². The van der Waals surface area contributed by atoms with Gasteiger partial charge in [0.1, 0.15) is 0 Å². The minimum Gasteiger partial charge on any atom is -0.399 e. The van der Waals surface area contributed by atoms with Gasteiger partial charge in [0, 0.05) is 58.7 Å². The Bertz CT molecular complexity index is 2970. The van der Waals surface area contributed by atoms with Crippen molar-refractivity contribution in [2.75, 3.05) is 5.73 Å². The molecule has 0 aliphatic carbocycles. The number of para-hydroxylation sites is 2. The average Bonchev–Trinajstić information content (AvgIpc) is 3.79. The van der Waals surface area contributed by atoms with Gasteiger partial charge in [-0.05, 0) is 78.4 Å². The number of rotatable bonds is 3. The topological polar surface area (TPSA) is 59.7 Å². The highest BCUT2D eigenvalue weighted by molar-refractivity contribution is 7.26. The lowest BCUT2D eigenvalue weighted by Gasteiger charge is -2.15. The van der Waals surface area contributed by atoms with Crippen molar-refractivity contribution in [3.05, 3.63) is 151 Å². The minimum atomic E-state index is 0.620. The van der Waals surface area contributed by atoms with Crippen LogP contribution in [-0.4, -0.2) is 9.13 Å². The molecule has 4 nitrogen and oxygen atoms in total. The second-order valence-electron chi connectivity index (χ2n) is 12.3. The predicted octanol–water partition coefficient (Wildman–Crippen LogP) is 11.4. The van der Waals surface area contributed by atoms with Crippen molar-refractivity contribution < 1.29 is 0 Å². The summed E-state index contributed by atoms with van der Waals surface area (Å²) in [7, 11) is 0. The summed E-state index contributed by atoms with van der Waals surface area (Å²) in [5.41, 5.74) is 16.3. The summed E-state index contributed by atoms with van der Waals surface area (Å²) >= 11 is 1.86. The van der Waals surface area contributed by atoms with Gasteiger partial charge in [-0.1, -0.05) is 72.8 Å². The molecule has 0 saturated carbocycles. The first-order valence-corrected chi connectivity index (χ1v) is 16.8. The quantitative estimate of drug-likeness (QED) is 0.197. The zero-order chi connectivity index (χ0) is 31.9. The molecule has 2 N–H and O–H groups in total. The monoisotopic (exact) mass is 630 g/mol. The van der Waals surface area contributed by atoms with Crippen molar-refractivity contribution in [2.45, 2.75) is 0 Å². The van der Waals surface area contributed by atoms with Crippen LogP contribution in [0.25, 0.3) is 86.3 Å². The highest BCUT2D eigenvalue weighted by atomic mass is 32.1. The van der Waals surface area contributed by atoms with Crippen LogP contribution in [0.5, 0.6) is 0 Å². The van der Waals surface area contributed by atoms with E-state index >= 15 is 0 Å². The predicted molar refractivity (Wildman–Crippen MR) is 203 cm³/mol. The molecule has 3 heterocycles. The van der Waals surface area contributed by atoms with E-state index in [4.69, 9.17) is 5.73 Å². The number of fused-ring (bicyclic) bond motifs is 10. The average molecular weight is 631 g/mol. The summed E-state index contributed by atoms with van der Waals surface area (Å²) in [5, 5.41) is 17.4. The van der Waals surface area contributed by atoms with Gasteiger partial charge in [-0.2, -0.15) is 5.26 Å². The molecule has 0 amide bonds. The van der Waals surface area contributed by atoms with E-state index in [1.807, 2.05) is 29.5 Å². The summed E-state index contributed by atoms with van der Waals surface area (Å²) in [4.78, 5) is 0. The molecule has 3 aromatic heterocycles. The summed E-state index contributed by atoms with van der Waals surface area (Å²) in [6.45, 7) is 0. The van der Waals surface area contributed by atoms with Gasteiger partial charge in [-0.25, -0.2) is 0 Å². The third-order valence-electron chi connectivity index (χ3n) is 9.66. The summed E-state index contributed by atoms with van der Waals surface area (Å²) in [6, 6.07) is 53.6. The maximum Gasteiger partial charge on any atom is 0.0991 e. The normalized spacial score (nSPS) is 11.8. The molecule has 0 aliphatic rings. The Morgan fingerprint density at radius 1 is 0.542 bits per heavy atom. The van der Waals surface area contributed by atoms with Gasteiger partial charge < -0.3 is 14.9 Å². The van der Waals surface area contributed by atoms with Crippen molar-refractivity contribution in [1.29, 1.82) is 5.26 Å². The molecule has 0 bridgehead atoms. The lowest BCUT2D eigenvalue weighted by molar-refractivity contribution is 1.17. The van der Waals surface area contributed by atoms with E-state index < -0.39 is 0 Å². The van der Waals surface area contributed by atoms with E-state index in [-0.39, 0.29) is 0 Å². The first-order valence-electron chi connectivity index (χ1n) is 16.0. The van der Waals surface area contributed by atoms with Crippen LogP contribution in [0.4, 0.5) is 5.69 Å². The Hall–Kier alpha value is -6.35. The Balaban J connectivity index is 1.31. The number of aromatic nitrogens is 2. The fourth-order valence-electron chi connectivity index (χ4n) is 7.59. The lowest BCUT2D eigenvalue weighted by Crippen LogP contribution is -1.99. The van der Waals surface area contributed by atoms with E-state index in [1.54, 1.807) is 0 Å². The van der Waals surface area contributed by atoms with Crippen molar-refractivity contribution in [3.8, 4) is 28.6 Å². The zero-order valence-corrected chi connectivity index (χ0v) is 26.5. The fourth-order valence-corrected chi connectivity index (χ4v) is 8.85. The molecule has 0 spiro atoms. The molecule has 5 heteroatoms. The number of hydrogen-bond donors (Lipinski definition) is 1. The zero-order valence-electron chi connectivity index (χ0n) is 25.7. The van der Waals surface area contributed by atoms with E-state index in [9.17, 15) is 5.26 Å². The maximum absolute atomic E-state index is 10.1. The fraction of sp³-hybridized carbons (Fsp3) is 0. The van der Waals surface area contributed by atoms with Crippen molar-refractivity contribution in [2.24, 2.45) is 0 Å². The molecule has 10 aromatic rings. The SMILES string of the molecule is N#Cc1ccc(-n2c3ccccc3c3cc(N)ccc32)c(-c2ccc3c4c5sc6ccccc6c5ccc4n(-c4ccccc4)c3c2)c1. The van der Waals surface area contributed by atoms with Crippen molar-refractivity contribution in [1.82, 2.24) is 9.13 Å². The Morgan fingerprint density at radius 2 is 1.29 bits per heavy atom. The summed E-state index contributed by atoms with van der Waals surface area (Å²) in [6.07, 6.45) is 0. The molecule has 10 rings (SSSR count). The summed E-state index contributed by atoms with van der Waals surface area (Å²) in [5.74, 6) is 0. The first-order chi connectivity index (χ1) is 23.7. The molecule has 0 aliphatic heterocycles. The van der Waals surface area contributed by atoms with Crippen molar-refractivity contribution >= 4 is 80.8 Å². The van der Waals surface area contributed by atoms with Crippen LogP contribution in [0.15, 0.2) is 146 Å². The Kier molecular flexibility index (Phi) is 5.63. The molecule has 0 saturated heterocycles. The van der Waals surface area contributed by atoms with Crippen LogP contribution < -0.4 is 5.73 Å². The second kappa shape index (κ2) is 10.1. The largest absolute Gasteiger partial charge is 0.399 e. The van der Waals surface area contributed by atoms with Gasteiger partial charge in [0.05, 0.1) is 39.4 Å². The number of thiophene rings is 1. The van der Waals surface area contributed by atoms with Crippen LogP contribution >= 0.6 is 11.3 Å². The summed E-state index contributed by atoms with van der Waals surface area (Å²) < 4.78 is 7.29. The minimum absolute atomic E-state index is 0.620. The number of anilines is 1. The number of nitriles is 1. The van der Waals surface area contributed by atoms with Crippen molar-refractivity contribution in [3.63, 3.8) is 0 Å². The van der Waals surface area contributed by atoms with Gasteiger partial charge in [0.2, 0.25) is 0 Å². The van der Waals surface area contributed by atoms with Crippen LogP contribution in [0, 0.1) is 11.3 Å². The highest BCUT2D eigenvalue weighted by Crippen LogP contribution is 2.45. The number of benzene rings is 7. The van der Waals surface area contributed by atoms with Crippen LogP contribution in [0.1, 0.15) is 5.56 Å². The maximum atomic E-state index is 10.1. The van der Waals surface area contributed by atoms with Gasteiger partial charge >= 0.3 is 0 Å². The standard InChI is InChI=1S/C43H26N4S/c44-25-26-14-19-37(47-36-12-6-4-10-30(36)35-24-28(45)16-20-38(35)47)34(22-26)27-15-17-33-40(23-27)46(29-8-2-1-3-9-29)39-21-18-32-31-11-5-7-13-41(31)48-43(32)42(33)39/h1-24H,45H2. The second-order valence-corrected chi connectivity index (χ2v) is 13.4. The van der Waals surface area contributed by atoms with Gasteiger partial charge in [0.15, 0.2) is 0 Å². The molecule has 0 atom stereocenters. The van der Waals surface area contributed by atoms with E-state index in [0.717, 1.165) is 55.5 Å². The molecule has 48 heavy (non-hydrogen) atoms. The van der Waals surface area contributed by atoms with E-state index in [1.165, 1.54) is 36.5 Å².